The Hall–Kier alpha value is -0.830. The molecule has 0 amide bonds. The molecule has 1 aromatic heterocycles. The summed E-state index contributed by atoms with van der Waals surface area (Å²) in [7, 11) is 0. The molecule has 0 bridgehead atoms. The average molecular weight is 235 g/mol. The van der Waals surface area contributed by atoms with E-state index in [2.05, 4.69) is 41.8 Å². The Morgan fingerprint density at radius 2 is 2.00 bits per heavy atom. The first-order chi connectivity index (χ1) is 8.04. The summed E-state index contributed by atoms with van der Waals surface area (Å²) in [4.78, 5) is 4.49. The first-order valence-corrected chi connectivity index (χ1v) is 6.82. The minimum atomic E-state index is 0.161. The first-order valence-electron chi connectivity index (χ1n) is 6.82. The highest BCUT2D eigenvalue weighted by molar-refractivity contribution is 4.99. The van der Waals surface area contributed by atoms with Crippen molar-refractivity contribution >= 4 is 0 Å². The fourth-order valence-corrected chi connectivity index (χ4v) is 2.41. The summed E-state index contributed by atoms with van der Waals surface area (Å²) in [6, 6.07) is 0.694. The Bertz CT molecular complexity index is 343. The maximum absolute atomic E-state index is 4.49. The second-order valence-corrected chi connectivity index (χ2v) is 6.21. The van der Waals surface area contributed by atoms with Gasteiger partial charge in [0.15, 0.2) is 0 Å². The van der Waals surface area contributed by atoms with E-state index in [1.54, 1.807) is 0 Å². The quantitative estimate of drug-likeness (QED) is 0.871. The standard InChI is InChI=1S/C14H25N3/c1-14(2,3)16-9-12-10-17(11-15-12)13-7-5-4-6-8-13/h10-11,13,16H,4-9H2,1-3H3. The van der Waals surface area contributed by atoms with Crippen molar-refractivity contribution < 1.29 is 0 Å². The molecule has 1 aliphatic rings. The lowest BCUT2D eigenvalue weighted by atomic mass is 9.95. The zero-order valence-electron chi connectivity index (χ0n) is 11.4. The van der Waals surface area contributed by atoms with Gasteiger partial charge in [-0.25, -0.2) is 4.98 Å². The van der Waals surface area contributed by atoms with E-state index in [1.165, 1.54) is 32.1 Å². The third kappa shape index (κ3) is 3.84. The molecule has 0 saturated heterocycles. The summed E-state index contributed by atoms with van der Waals surface area (Å²) >= 11 is 0. The van der Waals surface area contributed by atoms with Crippen LogP contribution in [0.25, 0.3) is 0 Å². The summed E-state index contributed by atoms with van der Waals surface area (Å²) < 4.78 is 2.32. The molecule has 2 rings (SSSR count). The summed E-state index contributed by atoms with van der Waals surface area (Å²) in [5.74, 6) is 0. The Morgan fingerprint density at radius 3 is 2.65 bits per heavy atom. The molecule has 3 heteroatoms. The monoisotopic (exact) mass is 235 g/mol. The number of nitrogens with zero attached hydrogens (tertiary/aromatic N) is 2. The van der Waals surface area contributed by atoms with Gasteiger partial charge in [-0.2, -0.15) is 0 Å². The van der Waals surface area contributed by atoms with Gasteiger partial charge in [0.05, 0.1) is 12.0 Å². The van der Waals surface area contributed by atoms with Crippen molar-refractivity contribution in [2.45, 2.75) is 71.0 Å². The highest BCUT2D eigenvalue weighted by Crippen LogP contribution is 2.27. The molecule has 0 radical (unpaired) electrons. The van der Waals surface area contributed by atoms with Crippen molar-refractivity contribution in [2.24, 2.45) is 0 Å². The molecule has 0 aliphatic heterocycles. The second-order valence-electron chi connectivity index (χ2n) is 6.21. The molecule has 3 nitrogen and oxygen atoms in total. The van der Waals surface area contributed by atoms with Crippen LogP contribution in [0.5, 0.6) is 0 Å². The molecule has 1 heterocycles. The summed E-state index contributed by atoms with van der Waals surface area (Å²) in [6.07, 6.45) is 11.0. The fourth-order valence-electron chi connectivity index (χ4n) is 2.41. The number of nitrogens with one attached hydrogen (secondary N) is 1. The van der Waals surface area contributed by atoms with E-state index in [-0.39, 0.29) is 5.54 Å². The smallest absolute Gasteiger partial charge is 0.0952 e. The zero-order chi connectivity index (χ0) is 12.3. The van der Waals surface area contributed by atoms with Crippen LogP contribution in [-0.4, -0.2) is 15.1 Å². The van der Waals surface area contributed by atoms with Crippen LogP contribution in [0.1, 0.15) is 64.6 Å². The number of rotatable bonds is 3. The van der Waals surface area contributed by atoms with Gasteiger partial charge < -0.3 is 9.88 Å². The molecule has 17 heavy (non-hydrogen) atoms. The van der Waals surface area contributed by atoms with Crippen molar-refractivity contribution in [1.29, 1.82) is 0 Å². The van der Waals surface area contributed by atoms with Gasteiger partial charge >= 0.3 is 0 Å². The minimum absolute atomic E-state index is 0.161. The van der Waals surface area contributed by atoms with Crippen molar-refractivity contribution in [3.63, 3.8) is 0 Å². The SMILES string of the molecule is CC(C)(C)NCc1cn(C2CCCCC2)cn1. The summed E-state index contributed by atoms with van der Waals surface area (Å²) in [6.45, 7) is 7.42. The van der Waals surface area contributed by atoms with Crippen molar-refractivity contribution in [1.82, 2.24) is 14.9 Å². The Labute approximate surface area is 105 Å². The molecule has 0 unspecified atom stereocenters. The number of hydrogen-bond acceptors (Lipinski definition) is 2. The second kappa shape index (κ2) is 5.21. The lowest BCUT2D eigenvalue weighted by molar-refractivity contribution is 0.352. The first kappa shape index (κ1) is 12.6. The molecule has 1 aliphatic carbocycles. The Morgan fingerprint density at radius 1 is 1.29 bits per heavy atom. The van der Waals surface area contributed by atoms with Crippen LogP contribution in [0.2, 0.25) is 0 Å². The van der Waals surface area contributed by atoms with E-state index in [4.69, 9.17) is 0 Å². The van der Waals surface area contributed by atoms with Crippen LogP contribution in [-0.2, 0) is 6.54 Å². The van der Waals surface area contributed by atoms with E-state index < -0.39 is 0 Å². The van der Waals surface area contributed by atoms with Crippen LogP contribution >= 0.6 is 0 Å². The molecule has 96 valence electrons. The molecule has 1 N–H and O–H groups in total. The maximum Gasteiger partial charge on any atom is 0.0952 e. The van der Waals surface area contributed by atoms with Gasteiger partial charge in [-0.3, -0.25) is 0 Å². The number of hydrogen-bond donors (Lipinski definition) is 1. The van der Waals surface area contributed by atoms with Crippen LogP contribution in [0.15, 0.2) is 12.5 Å². The van der Waals surface area contributed by atoms with E-state index in [1.807, 2.05) is 6.33 Å². The highest BCUT2D eigenvalue weighted by atomic mass is 15.1. The Kier molecular flexibility index (Phi) is 3.87. The van der Waals surface area contributed by atoms with Crippen LogP contribution in [0, 0.1) is 0 Å². The molecule has 1 aromatic rings. The molecule has 0 spiro atoms. The van der Waals surface area contributed by atoms with E-state index in [9.17, 15) is 0 Å². The van der Waals surface area contributed by atoms with Gasteiger partial charge in [-0.15, -0.1) is 0 Å². The largest absolute Gasteiger partial charge is 0.334 e. The van der Waals surface area contributed by atoms with Gasteiger partial charge in [0, 0.05) is 24.3 Å². The van der Waals surface area contributed by atoms with Crippen LogP contribution in [0.4, 0.5) is 0 Å². The molecular weight excluding hydrogens is 210 g/mol. The molecule has 0 atom stereocenters. The molecule has 0 aromatic carbocycles. The van der Waals surface area contributed by atoms with Gasteiger partial charge in [0.1, 0.15) is 0 Å². The fraction of sp³-hybridized carbons (Fsp3) is 0.786. The van der Waals surface area contributed by atoms with Crippen molar-refractivity contribution in [2.75, 3.05) is 0 Å². The van der Waals surface area contributed by atoms with Crippen LogP contribution < -0.4 is 5.32 Å². The molecular formula is C14H25N3. The van der Waals surface area contributed by atoms with E-state index in [0.717, 1.165) is 12.2 Å². The third-order valence-corrected chi connectivity index (χ3v) is 3.45. The van der Waals surface area contributed by atoms with Gasteiger partial charge in [-0.05, 0) is 33.6 Å². The van der Waals surface area contributed by atoms with Gasteiger partial charge in [0.25, 0.3) is 0 Å². The molecule has 1 fully saturated rings. The zero-order valence-corrected chi connectivity index (χ0v) is 11.4. The van der Waals surface area contributed by atoms with Gasteiger partial charge in [0.2, 0.25) is 0 Å². The predicted octanol–water partition coefficient (Wildman–Crippen LogP) is 3.28. The van der Waals surface area contributed by atoms with Gasteiger partial charge in [-0.1, -0.05) is 19.3 Å². The van der Waals surface area contributed by atoms with Crippen molar-refractivity contribution in [3.05, 3.63) is 18.2 Å². The van der Waals surface area contributed by atoms with Crippen molar-refractivity contribution in [3.8, 4) is 0 Å². The lowest BCUT2D eigenvalue weighted by Gasteiger charge is -2.22. The topological polar surface area (TPSA) is 29.9 Å². The normalized spacial score (nSPS) is 18.5. The highest BCUT2D eigenvalue weighted by Gasteiger charge is 2.16. The summed E-state index contributed by atoms with van der Waals surface area (Å²) in [5, 5.41) is 3.48. The molecule has 1 saturated carbocycles. The van der Waals surface area contributed by atoms with Crippen LogP contribution in [0.3, 0.4) is 0 Å². The van der Waals surface area contributed by atoms with E-state index >= 15 is 0 Å². The average Bonchev–Trinajstić information content (AvgIpc) is 2.75. The maximum atomic E-state index is 4.49. The number of aromatic nitrogens is 2. The predicted molar refractivity (Wildman–Crippen MR) is 70.9 cm³/mol. The Balaban J connectivity index is 1.91. The lowest BCUT2D eigenvalue weighted by Crippen LogP contribution is -2.35. The van der Waals surface area contributed by atoms with E-state index in [0.29, 0.717) is 6.04 Å². The minimum Gasteiger partial charge on any atom is -0.334 e. The summed E-state index contributed by atoms with van der Waals surface area (Å²) in [5.41, 5.74) is 1.32. The number of imidazole rings is 1. The third-order valence-electron chi connectivity index (χ3n) is 3.45.